The Bertz CT molecular complexity index is 280. The molecule has 0 heterocycles. The smallest absolute Gasteiger partial charge is 0.0376 e. The summed E-state index contributed by atoms with van der Waals surface area (Å²) in [5, 5.41) is 0. The van der Waals surface area contributed by atoms with Crippen molar-refractivity contribution in [3.05, 3.63) is 47.7 Å². The van der Waals surface area contributed by atoms with Crippen molar-refractivity contribution in [2.45, 2.75) is 33.6 Å². The van der Waals surface area contributed by atoms with Crippen LogP contribution >= 0.6 is 0 Å². The lowest BCUT2D eigenvalue weighted by molar-refractivity contribution is 1.08. The number of hydrogen-bond acceptors (Lipinski definition) is 1. The Balaban J connectivity index is 4.92. The van der Waals surface area contributed by atoms with Crippen molar-refractivity contribution in [3.63, 3.8) is 0 Å². The van der Waals surface area contributed by atoms with Crippen molar-refractivity contribution in [1.29, 1.82) is 0 Å². The molecule has 0 amide bonds. The fourth-order valence-electron chi connectivity index (χ4n) is 1.18. The number of nitrogens with two attached hydrogens (primary N) is 1. The first-order valence-corrected chi connectivity index (χ1v) is 5.04. The molecule has 0 rings (SSSR count). The predicted molar refractivity (Wildman–Crippen MR) is 64.9 cm³/mol. The lowest BCUT2D eigenvalue weighted by Crippen LogP contribution is -2.03. The fraction of sp³-hybridized carbons (Fsp3) is 0.385. The quantitative estimate of drug-likeness (QED) is 0.659. The minimum absolute atomic E-state index is 0.831. The van der Waals surface area contributed by atoms with Gasteiger partial charge in [0.25, 0.3) is 0 Å². The van der Waals surface area contributed by atoms with Crippen LogP contribution in [0.3, 0.4) is 0 Å². The molecule has 0 spiro atoms. The Morgan fingerprint density at radius 1 is 1.29 bits per heavy atom. The van der Waals surface area contributed by atoms with Crippen molar-refractivity contribution < 1.29 is 0 Å². The molecule has 0 saturated heterocycles. The summed E-state index contributed by atoms with van der Waals surface area (Å²) in [4.78, 5) is 0. The molecule has 1 heteroatoms. The standard InChI is InChI=1S/C13H21N/c1-6-10(4)9-11(5)13(14)12(7-2)8-3/h7,9H,2,4,6,8,14H2,1,3,5H3/b11-9-,13-12-. The Labute approximate surface area is 87.7 Å². The normalized spacial score (nSPS) is 13.5. The third-order valence-corrected chi connectivity index (χ3v) is 2.27. The summed E-state index contributed by atoms with van der Waals surface area (Å²) in [6.45, 7) is 13.8. The Hall–Kier alpha value is -1.24. The zero-order chi connectivity index (χ0) is 11.1. The summed E-state index contributed by atoms with van der Waals surface area (Å²) in [6.07, 6.45) is 5.73. The molecule has 0 unspecified atom stereocenters. The Morgan fingerprint density at radius 3 is 2.21 bits per heavy atom. The zero-order valence-electron chi connectivity index (χ0n) is 9.56. The van der Waals surface area contributed by atoms with E-state index in [2.05, 4.69) is 27.0 Å². The predicted octanol–water partition coefficient (Wildman–Crippen LogP) is 3.71. The average molecular weight is 191 g/mol. The van der Waals surface area contributed by atoms with Crippen LogP contribution in [0, 0.1) is 0 Å². The van der Waals surface area contributed by atoms with E-state index in [1.165, 1.54) is 0 Å². The SMILES string of the molecule is C=C/C(CC)=C(N)\C(C)=C/C(=C)CC. The van der Waals surface area contributed by atoms with Crippen LogP contribution in [0.4, 0.5) is 0 Å². The van der Waals surface area contributed by atoms with Crippen LogP contribution in [0.15, 0.2) is 47.7 Å². The highest BCUT2D eigenvalue weighted by Crippen LogP contribution is 2.15. The molecule has 14 heavy (non-hydrogen) atoms. The van der Waals surface area contributed by atoms with E-state index >= 15 is 0 Å². The minimum Gasteiger partial charge on any atom is -0.398 e. The van der Waals surface area contributed by atoms with E-state index in [1.807, 2.05) is 19.1 Å². The van der Waals surface area contributed by atoms with E-state index in [9.17, 15) is 0 Å². The van der Waals surface area contributed by atoms with E-state index in [4.69, 9.17) is 5.73 Å². The Kier molecular flexibility index (Phi) is 5.70. The van der Waals surface area contributed by atoms with Crippen LogP contribution in [-0.4, -0.2) is 0 Å². The monoisotopic (exact) mass is 191 g/mol. The molecule has 0 bridgehead atoms. The van der Waals surface area contributed by atoms with Gasteiger partial charge in [0.05, 0.1) is 0 Å². The molecule has 0 aliphatic rings. The molecule has 0 aliphatic carbocycles. The van der Waals surface area contributed by atoms with Gasteiger partial charge in [-0.2, -0.15) is 0 Å². The summed E-state index contributed by atoms with van der Waals surface area (Å²) in [6, 6.07) is 0. The average Bonchev–Trinajstić information content (AvgIpc) is 2.19. The van der Waals surface area contributed by atoms with Crippen molar-refractivity contribution in [1.82, 2.24) is 0 Å². The van der Waals surface area contributed by atoms with E-state index in [0.717, 1.165) is 35.3 Å². The van der Waals surface area contributed by atoms with Crippen molar-refractivity contribution in [2.75, 3.05) is 0 Å². The van der Waals surface area contributed by atoms with Gasteiger partial charge in [0.2, 0.25) is 0 Å². The van der Waals surface area contributed by atoms with Crippen molar-refractivity contribution >= 4 is 0 Å². The minimum atomic E-state index is 0.831. The van der Waals surface area contributed by atoms with Crippen LogP contribution < -0.4 is 5.73 Å². The van der Waals surface area contributed by atoms with Gasteiger partial charge in [0.1, 0.15) is 0 Å². The van der Waals surface area contributed by atoms with Gasteiger partial charge in [0, 0.05) is 5.70 Å². The van der Waals surface area contributed by atoms with E-state index < -0.39 is 0 Å². The van der Waals surface area contributed by atoms with Crippen molar-refractivity contribution in [2.24, 2.45) is 5.73 Å². The molecule has 0 aromatic carbocycles. The topological polar surface area (TPSA) is 26.0 Å². The van der Waals surface area contributed by atoms with Gasteiger partial charge in [-0.15, -0.1) is 0 Å². The number of hydrogen-bond donors (Lipinski definition) is 1. The van der Waals surface area contributed by atoms with Gasteiger partial charge >= 0.3 is 0 Å². The van der Waals surface area contributed by atoms with Crippen LogP contribution in [0.2, 0.25) is 0 Å². The highest BCUT2D eigenvalue weighted by atomic mass is 14.6. The summed E-state index contributed by atoms with van der Waals surface area (Å²) in [7, 11) is 0. The first-order chi connectivity index (χ1) is 6.56. The summed E-state index contributed by atoms with van der Waals surface area (Å²) < 4.78 is 0. The lowest BCUT2D eigenvalue weighted by atomic mass is 10.0. The number of allylic oxidation sites excluding steroid dienone is 5. The molecule has 0 fully saturated rings. The highest BCUT2D eigenvalue weighted by molar-refractivity contribution is 5.39. The maximum absolute atomic E-state index is 5.98. The van der Waals surface area contributed by atoms with E-state index in [0.29, 0.717) is 0 Å². The van der Waals surface area contributed by atoms with E-state index in [-0.39, 0.29) is 0 Å². The van der Waals surface area contributed by atoms with Gasteiger partial charge in [0.15, 0.2) is 0 Å². The maximum Gasteiger partial charge on any atom is 0.0376 e. The molecular weight excluding hydrogens is 170 g/mol. The molecule has 0 saturated carbocycles. The fourth-order valence-corrected chi connectivity index (χ4v) is 1.18. The molecule has 2 N–H and O–H groups in total. The van der Waals surface area contributed by atoms with Crippen LogP contribution in [0.5, 0.6) is 0 Å². The van der Waals surface area contributed by atoms with Gasteiger partial charge in [-0.1, -0.05) is 44.7 Å². The molecule has 0 atom stereocenters. The zero-order valence-corrected chi connectivity index (χ0v) is 9.56. The van der Waals surface area contributed by atoms with Crippen molar-refractivity contribution in [3.8, 4) is 0 Å². The Morgan fingerprint density at radius 2 is 1.86 bits per heavy atom. The first-order valence-electron chi connectivity index (χ1n) is 5.04. The summed E-state index contributed by atoms with van der Waals surface area (Å²) >= 11 is 0. The second kappa shape index (κ2) is 6.25. The van der Waals surface area contributed by atoms with Gasteiger partial charge in [-0.25, -0.2) is 0 Å². The first kappa shape index (κ1) is 12.8. The summed E-state index contributed by atoms with van der Waals surface area (Å²) in [5.41, 5.74) is 10.1. The van der Waals surface area contributed by atoms with E-state index in [1.54, 1.807) is 0 Å². The van der Waals surface area contributed by atoms with Gasteiger partial charge < -0.3 is 5.73 Å². The van der Waals surface area contributed by atoms with Crippen LogP contribution in [0.25, 0.3) is 0 Å². The second-order valence-corrected chi connectivity index (χ2v) is 3.34. The molecule has 0 aliphatic heterocycles. The van der Waals surface area contributed by atoms with Gasteiger partial charge in [-0.3, -0.25) is 0 Å². The van der Waals surface area contributed by atoms with Crippen LogP contribution in [-0.2, 0) is 0 Å². The largest absolute Gasteiger partial charge is 0.398 e. The van der Waals surface area contributed by atoms with Crippen LogP contribution in [0.1, 0.15) is 33.6 Å². The molecule has 0 aromatic heterocycles. The molecule has 0 aromatic rings. The number of rotatable bonds is 5. The third-order valence-electron chi connectivity index (χ3n) is 2.27. The van der Waals surface area contributed by atoms with Gasteiger partial charge in [-0.05, 0) is 30.9 Å². The molecule has 1 nitrogen and oxygen atoms in total. The third kappa shape index (κ3) is 3.65. The lowest BCUT2D eigenvalue weighted by Gasteiger charge is -2.07. The highest BCUT2D eigenvalue weighted by Gasteiger charge is 2.00. The summed E-state index contributed by atoms with van der Waals surface area (Å²) in [5.74, 6) is 0. The molecule has 78 valence electrons. The molecular formula is C13H21N. The second-order valence-electron chi connectivity index (χ2n) is 3.34. The molecule has 0 radical (unpaired) electrons. The maximum atomic E-state index is 5.98.